The molecule has 1 rings (SSSR count). The molecule has 2 atom stereocenters. The van der Waals surface area contributed by atoms with Gasteiger partial charge in [0.1, 0.15) is 0 Å². The quantitative estimate of drug-likeness (QED) is 0.768. The molecule has 0 spiro atoms. The topological polar surface area (TPSA) is 39.1 Å². The fraction of sp³-hybridized carbons (Fsp3) is 0.700. The molecule has 2 unspecified atom stereocenters. The summed E-state index contributed by atoms with van der Waals surface area (Å²) in [5, 5.41) is 7.42. The van der Waals surface area contributed by atoms with Crippen molar-refractivity contribution >= 4 is 0 Å². The second-order valence-electron chi connectivity index (χ2n) is 3.50. The molecular formula is C10H19N3O. The van der Waals surface area contributed by atoms with E-state index in [4.69, 9.17) is 4.74 Å². The van der Waals surface area contributed by atoms with Crippen LogP contribution in [0.2, 0.25) is 0 Å². The summed E-state index contributed by atoms with van der Waals surface area (Å²) in [7, 11) is 5.65. The minimum absolute atomic E-state index is 0.252. The zero-order chi connectivity index (χ0) is 10.6. The monoisotopic (exact) mass is 197 g/mol. The molecule has 1 aromatic heterocycles. The summed E-state index contributed by atoms with van der Waals surface area (Å²) < 4.78 is 7.14. The fourth-order valence-corrected chi connectivity index (χ4v) is 1.54. The highest BCUT2D eigenvalue weighted by Gasteiger charge is 2.15. The summed E-state index contributed by atoms with van der Waals surface area (Å²) in [6.45, 7) is 2.07. The van der Waals surface area contributed by atoms with Crippen LogP contribution in [0.3, 0.4) is 0 Å². The van der Waals surface area contributed by atoms with Gasteiger partial charge in [0.25, 0.3) is 0 Å². The van der Waals surface area contributed by atoms with Crippen molar-refractivity contribution in [1.29, 1.82) is 0 Å². The van der Waals surface area contributed by atoms with E-state index in [1.165, 1.54) is 5.69 Å². The standard InChI is InChI=1S/C10H19N3O/c1-8(14-4)7-9(11-2)10-5-6-12-13(10)3/h5-6,8-9,11H,7H2,1-4H3. The van der Waals surface area contributed by atoms with E-state index < -0.39 is 0 Å². The first-order chi connectivity index (χ1) is 6.69. The summed E-state index contributed by atoms with van der Waals surface area (Å²) in [6, 6.07) is 2.33. The van der Waals surface area contributed by atoms with Gasteiger partial charge in [-0.05, 0) is 26.5 Å². The molecule has 4 heteroatoms. The lowest BCUT2D eigenvalue weighted by Gasteiger charge is -2.19. The second kappa shape index (κ2) is 5.12. The van der Waals surface area contributed by atoms with Crippen LogP contribution in [-0.2, 0) is 11.8 Å². The molecule has 0 aliphatic carbocycles. The van der Waals surface area contributed by atoms with E-state index >= 15 is 0 Å². The minimum atomic E-state index is 0.252. The molecule has 0 aromatic carbocycles. The Morgan fingerprint density at radius 3 is 2.79 bits per heavy atom. The molecule has 14 heavy (non-hydrogen) atoms. The fourth-order valence-electron chi connectivity index (χ4n) is 1.54. The summed E-state index contributed by atoms with van der Waals surface area (Å²) in [4.78, 5) is 0. The average molecular weight is 197 g/mol. The van der Waals surface area contributed by atoms with E-state index in [1.54, 1.807) is 7.11 Å². The maximum atomic E-state index is 5.25. The van der Waals surface area contributed by atoms with E-state index in [1.807, 2.05) is 31.0 Å². The Morgan fingerprint density at radius 1 is 1.64 bits per heavy atom. The molecule has 1 N–H and O–H groups in total. The first-order valence-corrected chi connectivity index (χ1v) is 4.87. The third-order valence-corrected chi connectivity index (χ3v) is 2.53. The van der Waals surface area contributed by atoms with Crippen LogP contribution in [-0.4, -0.2) is 30.0 Å². The van der Waals surface area contributed by atoms with Crippen LogP contribution in [0.1, 0.15) is 25.1 Å². The van der Waals surface area contributed by atoms with Crippen molar-refractivity contribution in [2.75, 3.05) is 14.2 Å². The Kier molecular flexibility index (Phi) is 4.10. The van der Waals surface area contributed by atoms with Crippen molar-refractivity contribution < 1.29 is 4.74 Å². The van der Waals surface area contributed by atoms with Gasteiger partial charge in [0.2, 0.25) is 0 Å². The van der Waals surface area contributed by atoms with Gasteiger partial charge in [-0.2, -0.15) is 5.10 Å². The summed E-state index contributed by atoms with van der Waals surface area (Å²) in [6.07, 6.45) is 3.02. The molecule has 0 aliphatic heterocycles. The summed E-state index contributed by atoms with van der Waals surface area (Å²) in [5.74, 6) is 0. The number of methoxy groups -OCH3 is 1. The normalized spacial score (nSPS) is 15.4. The van der Waals surface area contributed by atoms with Gasteiger partial charge in [-0.25, -0.2) is 0 Å². The first-order valence-electron chi connectivity index (χ1n) is 4.87. The van der Waals surface area contributed by atoms with Gasteiger partial charge in [-0.3, -0.25) is 4.68 Å². The maximum absolute atomic E-state index is 5.25. The smallest absolute Gasteiger partial charge is 0.0561 e. The number of nitrogens with zero attached hydrogens (tertiary/aromatic N) is 2. The van der Waals surface area contributed by atoms with Crippen LogP contribution in [0.25, 0.3) is 0 Å². The summed E-state index contributed by atoms with van der Waals surface area (Å²) >= 11 is 0. The number of hydrogen-bond donors (Lipinski definition) is 1. The van der Waals surface area contributed by atoms with Gasteiger partial charge in [-0.15, -0.1) is 0 Å². The number of aryl methyl sites for hydroxylation is 1. The lowest BCUT2D eigenvalue weighted by Crippen LogP contribution is -2.24. The largest absolute Gasteiger partial charge is 0.382 e. The van der Waals surface area contributed by atoms with Crippen molar-refractivity contribution in [2.45, 2.75) is 25.5 Å². The second-order valence-corrected chi connectivity index (χ2v) is 3.50. The number of aromatic nitrogens is 2. The van der Waals surface area contributed by atoms with Crippen molar-refractivity contribution in [3.8, 4) is 0 Å². The van der Waals surface area contributed by atoms with E-state index in [9.17, 15) is 0 Å². The van der Waals surface area contributed by atoms with Crippen LogP contribution >= 0.6 is 0 Å². The van der Waals surface area contributed by atoms with E-state index in [0.29, 0.717) is 6.04 Å². The van der Waals surface area contributed by atoms with Crippen molar-refractivity contribution in [3.63, 3.8) is 0 Å². The lowest BCUT2D eigenvalue weighted by molar-refractivity contribution is 0.100. The predicted molar refractivity (Wildman–Crippen MR) is 56.1 cm³/mol. The highest BCUT2D eigenvalue weighted by Crippen LogP contribution is 2.17. The van der Waals surface area contributed by atoms with Crippen LogP contribution in [0.15, 0.2) is 12.3 Å². The van der Waals surface area contributed by atoms with Crippen LogP contribution in [0.4, 0.5) is 0 Å². The number of ether oxygens (including phenoxy) is 1. The molecule has 1 aromatic rings. The number of nitrogens with one attached hydrogen (secondary N) is 1. The zero-order valence-electron chi connectivity index (χ0n) is 9.32. The van der Waals surface area contributed by atoms with Crippen LogP contribution in [0.5, 0.6) is 0 Å². The van der Waals surface area contributed by atoms with Crippen molar-refractivity contribution in [2.24, 2.45) is 7.05 Å². The molecule has 80 valence electrons. The molecule has 0 aliphatic rings. The third-order valence-electron chi connectivity index (χ3n) is 2.53. The van der Waals surface area contributed by atoms with Gasteiger partial charge in [0.15, 0.2) is 0 Å². The SMILES string of the molecule is CNC(CC(C)OC)c1ccnn1C. The van der Waals surface area contributed by atoms with Gasteiger partial charge in [0.05, 0.1) is 17.8 Å². The Balaban J connectivity index is 2.67. The lowest BCUT2D eigenvalue weighted by atomic mass is 10.1. The van der Waals surface area contributed by atoms with E-state index in [-0.39, 0.29) is 6.10 Å². The average Bonchev–Trinajstić information content (AvgIpc) is 2.60. The van der Waals surface area contributed by atoms with Crippen LogP contribution in [0, 0.1) is 0 Å². The Morgan fingerprint density at radius 2 is 2.36 bits per heavy atom. The predicted octanol–water partition coefficient (Wildman–Crippen LogP) is 1.11. The number of hydrogen-bond acceptors (Lipinski definition) is 3. The molecule has 0 saturated heterocycles. The van der Waals surface area contributed by atoms with Crippen molar-refractivity contribution in [3.05, 3.63) is 18.0 Å². The molecule has 0 amide bonds. The first kappa shape index (κ1) is 11.2. The van der Waals surface area contributed by atoms with Gasteiger partial charge in [-0.1, -0.05) is 0 Å². The number of rotatable bonds is 5. The highest BCUT2D eigenvalue weighted by molar-refractivity contribution is 5.06. The summed E-state index contributed by atoms with van der Waals surface area (Å²) in [5.41, 5.74) is 1.19. The molecular weight excluding hydrogens is 178 g/mol. The Labute approximate surface area is 85.3 Å². The van der Waals surface area contributed by atoms with E-state index in [0.717, 1.165) is 6.42 Å². The molecule has 0 bridgehead atoms. The van der Waals surface area contributed by atoms with Crippen LogP contribution < -0.4 is 5.32 Å². The minimum Gasteiger partial charge on any atom is -0.382 e. The Hall–Kier alpha value is -0.870. The molecule has 1 heterocycles. The van der Waals surface area contributed by atoms with Gasteiger partial charge >= 0.3 is 0 Å². The highest BCUT2D eigenvalue weighted by atomic mass is 16.5. The molecule has 0 fully saturated rings. The Bertz CT molecular complexity index is 272. The molecule has 4 nitrogen and oxygen atoms in total. The van der Waals surface area contributed by atoms with Gasteiger partial charge in [0, 0.05) is 20.4 Å². The van der Waals surface area contributed by atoms with E-state index in [2.05, 4.69) is 17.3 Å². The zero-order valence-corrected chi connectivity index (χ0v) is 9.32. The maximum Gasteiger partial charge on any atom is 0.0561 e. The third kappa shape index (κ3) is 2.56. The molecule has 0 saturated carbocycles. The van der Waals surface area contributed by atoms with Crippen molar-refractivity contribution in [1.82, 2.24) is 15.1 Å². The molecule has 0 radical (unpaired) electrons. The van der Waals surface area contributed by atoms with Gasteiger partial charge < -0.3 is 10.1 Å².